The number of aryl methyl sites for hydroxylation is 1. The number of carbonyl (C=O) groups excluding carboxylic acids is 1. The van der Waals surface area contributed by atoms with Crippen LogP contribution in [0.5, 0.6) is 0 Å². The number of thiazole rings is 1. The molecule has 0 saturated heterocycles. The van der Waals surface area contributed by atoms with Crippen LogP contribution in [0.1, 0.15) is 23.1 Å². The highest BCUT2D eigenvalue weighted by Gasteiger charge is 2.22. The normalized spacial score (nSPS) is 11.1. The minimum absolute atomic E-state index is 0.0127. The van der Waals surface area contributed by atoms with Gasteiger partial charge in [0.05, 0.1) is 33.2 Å². The molecule has 0 aliphatic carbocycles. The number of pyridine rings is 1. The number of anilines is 1. The van der Waals surface area contributed by atoms with Gasteiger partial charge in [-0.2, -0.15) is 0 Å². The number of para-hydroxylation sites is 1. The van der Waals surface area contributed by atoms with E-state index in [1.165, 1.54) is 16.9 Å². The molecule has 3 aromatic heterocycles. The minimum atomic E-state index is -0.0127. The molecule has 0 radical (unpaired) electrons. The predicted molar refractivity (Wildman–Crippen MR) is 117 cm³/mol. The lowest BCUT2D eigenvalue weighted by molar-refractivity contribution is -0.118. The molecule has 1 aromatic carbocycles. The third-order valence-corrected chi connectivity index (χ3v) is 6.68. The van der Waals surface area contributed by atoms with Gasteiger partial charge in [-0.1, -0.05) is 48.1 Å². The van der Waals surface area contributed by atoms with Crippen molar-refractivity contribution in [2.75, 3.05) is 4.90 Å². The van der Waals surface area contributed by atoms with Crippen LogP contribution in [-0.2, 0) is 24.2 Å². The number of fused-ring (bicyclic) bond motifs is 1. The second-order valence-electron chi connectivity index (χ2n) is 6.30. The van der Waals surface area contributed by atoms with Gasteiger partial charge in [0.2, 0.25) is 5.91 Å². The predicted octanol–water partition coefficient (Wildman–Crippen LogP) is 5.74. The first-order valence-electron chi connectivity index (χ1n) is 8.97. The summed E-state index contributed by atoms with van der Waals surface area (Å²) >= 11 is 9.00. The Bertz CT molecular complexity index is 1110. The van der Waals surface area contributed by atoms with Gasteiger partial charge in [-0.05, 0) is 42.3 Å². The van der Waals surface area contributed by atoms with Gasteiger partial charge in [0, 0.05) is 11.1 Å². The number of thiophene rings is 1. The van der Waals surface area contributed by atoms with Crippen molar-refractivity contribution in [2.45, 2.75) is 26.3 Å². The molecule has 0 bridgehead atoms. The van der Waals surface area contributed by atoms with Gasteiger partial charge in [-0.25, -0.2) is 4.98 Å². The summed E-state index contributed by atoms with van der Waals surface area (Å²) in [7, 11) is 0. The molecule has 0 atom stereocenters. The van der Waals surface area contributed by atoms with Crippen LogP contribution >= 0.6 is 34.3 Å². The summed E-state index contributed by atoms with van der Waals surface area (Å²) in [6.45, 7) is 2.51. The number of halogens is 1. The van der Waals surface area contributed by atoms with E-state index >= 15 is 0 Å². The summed E-state index contributed by atoms with van der Waals surface area (Å²) in [5, 5.41) is 0.703. The zero-order valence-electron chi connectivity index (χ0n) is 15.3. The van der Waals surface area contributed by atoms with Crippen molar-refractivity contribution in [3.63, 3.8) is 0 Å². The van der Waals surface area contributed by atoms with Crippen LogP contribution in [0.4, 0.5) is 5.13 Å². The maximum atomic E-state index is 13.2. The SMILES string of the molecule is CCc1cccc2sc(N(Cc3ccccn3)C(=O)Cc3ccc(Cl)s3)nc12. The van der Waals surface area contributed by atoms with Crippen molar-refractivity contribution in [1.29, 1.82) is 0 Å². The van der Waals surface area contributed by atoms with Crippen molar-refractivity contribution < 1.29 is 4.79 Å². The Balaban J connectivity index is 1.70. The molecular weight excluding hydrogens is 410 g/mol. The summed E-state index contributed by atoms with van der Waals surface area (Å²) < 4.78 is 1.78. The summed E-state index contributed by atoms with van der Waals surface area (Å²) in [6, 6.07) is 15.6. The number of amides is 1. The van der Waals surface area contributed by atoms with Gasteiger partial charge in [0.15, 0.2) is 5.13 Å². The Kier molecular flexibility index (Phi) is 5.71. The molecule has 0 saturated carbocycles. The molecule has 0 fully saturated rings. The number of hydrogen-bond acceptors (Lipinski definition) is 5. The first-order chi connectivity index (χ1) is 13.6. The van der Waals surface area contributed by atoms with E-state index in [0.717, 1.165) is 27.2 Å². The zero-order chi connectivity index (χ0) is 19.5. The van der Waals surface area contributed by atoms with Crippen molar-refractivity contribution in [3.05, 3.63) is 75.2 Å². The molecule has 1 amide bonds. The molecule has 142 valence electrons. The number of nitrogens with zero attached hydrogens (tertiary/aromatic N) is 3. The van der Waals surface area contributed by atoms with E-state index in [2.05, 4.69) is 24.0 Å². The Labute approximate surface area is 176 Å². The Morgan fingerprint density at radius 2 is 2.00 bits per heavy atom. The van der Waals surface area contributed by atoms with E-state index in [9.17, 15) is 4.79 Å². The van der Waals surface area contributed by atoms with Crippen LogP contribution in [-0.4, -0.2) is 15.9 Å². The molecule has 4 rings (SSSR count). The molecule has 0 aliphatic rings. The number of benzene rings is 1. The summed E-state index contributed by atoms with van der Waals surface area (Å²) in [6.07, 6.45) is 2.94. The fourth-order valence-electron chi connectivity index (χ4n) is 3.00. The number of aromatic nitrogens is 2. The minimum Gasteiger partial charge on any atom is -0.282 e. The summed E-state index contributed by atoms with van der Waals surface area (Å²) in [4.78, 5) is 25.1. The van der Waals surface area contributed by atoms with Crippen LogP contribution in [0.15, 0.2) is 54.7 Å². The first kappa shape index (κ1) is 19.1. The van der Waals surface area contributed by atoms with Crippen LogP contribution in [0, 0.1) is 0 Å². The maximum absolute atomic E-state index is 13.2. The second-order valence-corrected chi connectivity index (χ2v) is 9.11. The quantitative estimate of drug-likeness (QED) is 0.394. The fraction of sp³-hybridized carbons (Fsp3) is 0.190. The van der Waals surface area contributed by atoms with Crippen LogP contribution in [0.25, 0.3) is 10.2 Å². The topological polar surface area (TPSA) is 46.1 Å². The molecule has 4 nitrogen and oxygen atoms in total. The Morgan fingerprint density at radius 3 is 2.71 bits per heavy atom. The van der Waals surface area contributed by atoms with Crippen molar-refractivity contribution in [2.24, 2.45) is 0 Å². The van der Waals surface area contributed by atoms with Gasteiger partial charge in [-0.15, -0.1) is 11.3 Å². The molecule has 0 unspecified atom stereocenters. The van der Waals surface area contributed by atoms with Crippen LogP contribution in [0.2, 0.25) is 4.34 Å². The Hall–Kier alpha value is -2.28. The standard InChI is InChI=1S/C21H18ClN3OS2/c1-2-14-6-5-8-17-20(14)24-21(28-17)25(13-15-7-3-4-11-23-15)19(26)12-16-9-10-18(22)27-16/h3-11H,2,12-13H2,1H3. The van der Waals surface area contributed by atoms with Gasteiger partial charge < -0.3 is 0 Å². The molecule has 0 N–H and O–H groups in total. The monoisotopic (exact) mass is 427 g/mol. The summed E-state index contributed by atoms with van der Waals surface area (Å²) in [5.41, 5.74) is 2.99. The molecule has 4 aromatic rings. The van der Waals surface area contributed by atoms with E-state index in [4.69, 9.17) is 16.6 Å². The lowest BCUT2D eigenvalue weighted by Gasteiger charge is -2.19. The highest BCUT2D eigenvalue weighted by atomic mass is 35.5. The lowest BCUT2D eigenvalue weighted by Crippen LogP contribution is -2.31. The van der Waals surface area contributed by atoms with E-state index in [-0.39, 0.29) is 5.91 Å². The van der Waals surface area contributed by atoms with E-state index in [0.29, 0.717) is 22.4 Å². The third kappa shape index (κ3) is 4.09. The summed E-state index contributed by atoms with van der Waals surface area (Å²) in [5.74, 6) is -0.0127. The smallest absolute Gasteiger partial charge is 0.234 e. The lowest BCUT2D eigenvalue weighted by atomic mass is 10.1. The van der Waals surface area contributed by atoms with E-state index < -0.39 is 0 Å². The van der Waals surface area contributed by atoms with Crippen LogP contribution in [0.3, 0.4) is 0 Å². The molecule has 0 spiro atoms. The maximum Gasteiger partial charge on any atom is 0.234 e. The van der Waals surface area contributed by atoms with Crippen molar-refractivity contribution in [3.8, 4) is 0 Å². The highest BCUT2D eigenvalue weighted by Crippen LogP contribution is 2.32. The average molecular weight is 428 g/mol. The molecular formula is C21H18ClN3OS2. The third-order valence-electron chi connectivity index (χ3n) is 4.40. The fourth-order valence-corrected chi connectivity index (χ4v) is 5.11. The molecule has 7 heteroatoms. The molecule has 3 heterocycles. The number of hydrogen-bond donors (Lipinski definition) is 0. The van der Waals surface area contributed by atoms with Gasteiger partial charge in [0.1, 0.15) is 0 Å². The average Bonchev–Trinajstić information content (AvgIpc) is 3.32. The zero-order valence-corrected chi connectivity index (χ0v) is 17.7. The van der Waals surface area contributed by atoms with Gasteiger partial charge in [0.25, 0.3) is 0 Å². The molecule has 28 heavy (non-hydrogen) atoms. The number of carbonyl (C=O) groups is 1. The van der Waals surface area contributed by atoms with Crippen molar-refractivity contribution in [1.82, 2.24) is 9.97 Å². The highest BCUT2D eigenvalue weighted by molar-refractivity contribution is 7.22. The second kappa shape index (κ2) is 8.39. The van der Waals surface area contributed by atoms with E-state index in [1.54, 1.807) is 22.4 Å². The van der Waals surface area contributed by atoms with Gasteiger partial charge >= 0.3 is 0 Å². The Morgan fingerprint density at radius 1 is 1.11 bits per heavy atom. The van der Waals surface area contributed by atoms with Gasteiger partial charge in [-0.3, -0.25) is 14.7 Å². The largest absolute Gasteiger partial charge is 0.282 e. The first-order valence-corrected chi connectivity index (χ1v) is 11.0. The van der Waals surface area contributed by atoms with E-state index in [1.807, 2.05) is 36.4 Å². The number of rotatable bonds is 6. The van der Waals surface area contributed by atoms with Crippen LogP contribution < -0.4 is 4.90 Å². The molecule has 0 aliphatic heterocycles. The van der Waals surface area contributed by atoms with Crippen molar-refractivity contribution >= 4 is 55.5 Å².